The van der Waals surface area contributed by atoms with Crippen molar-refractivity contribution in [1.82, 2.24) is 10.2 Å². The number of likely N-dealkylation sites (N-methyl/N-ethyl adjacent to an activating group) is 1. The monoisotopic (exact) mass is 260 g/mol. The summed E-state index contributed by atoms with van der Waals surface area (Å²) in [5, 5.41) is 3.69. The highest BCUT2D eigenvalue weighted by molar-refractivity contribution is 5.29. The van der Waals surface area contributed by atoms with Gasteiger partial charge in [0.15, 0.2) is 0 Å². The number of nitrogens with zero attached hydrogens (tertiary/aromatic N) is 1. The topological polar surface area (TPSA) is 15.3 Å². The van der Waals surface area contributed by atoms with Gasteiger partial charge >= 0.3 is 0 Å². The van der Waals surface area contributed by atoms with Gasteiger partial charge in [0.05, 0.1) is 0 Å². The minimum Gasteiger partial charge on any atom is -0.308 e. The molecule has 1 N–H and O–H groups in total. The molecule has 0 amide bonds. The summed E-state index contributed by atoms with van der Waals surface area (Å²) >= 11 is 0. The Hall–Kier alpha value is -0.860. The van der Waals surface area contributed by atoms with Gasteiger partial charge in [-0.25, -0.2) is 0 Å². The molecule has 1 heterocycles. The van der Waals surface area contributed by atoms with Crippen LogP contribution in [0.1, 0.15) is 38.3 Å². The summed E-state index contributed by atoms with van der Waals surface area (Å²) in [6.45, 7) is 11.5. The zero-order valence-electron chi connectivity index (χ0n) is 12.7. The van der Waals surface area contributed by atoms with Crippen LogP contribution >= 0.6 is 0 Å². The predicted octanol–water partition coefficient (Wildman–Crippen LogP) is 3.07. The van der Waals surface area contributed by atoms with Gasteiger partial charge in [0.1, 0.15) is 0 Å². The second kappa shape index (κ2) is 7.06. The molecule has 0 saturated carbocycles. The average Bonchev–Trinajstić information content (AvgIpc) is 2.46. The Morgan fingerprint density at radius 3 is 2.68 bits per heavy atom. The highest BCUT2D eigenvalue weighted by Gasteiger charge is 2.20. The van der Waals surface area contributed by atoms with Gasteiger partial charge < -0.3 is 10.2 Å². The van der Waals surface area contributed by atoms with Crippen LogP contribution in [0.2, 0.25) is 0 Å². The van der Waals surface area contributed by atoms with Gasteiger partial charge in [-0.15, -0.1) is 0 Å². The zero-order chi connectivity index (χ0) is 13.7. The highest BCUT2D eigenvalue weighted by Crippen LogP contribution is 2.17. The van der Waals surface area contributed by atoms with Crippen LogP contribution in [0.25, 0.3) is 0 Å². The van der Waals surface area contributed by atoms with E-state index in [9.17, 15) is 0 Å². The van der Waals surface area contributed by atoms with Crippen LogP contribution in [0.4, 0.5) is 0 Å². The Labute approximate surface area is 118 Å². The number of fused-ring (bicyclic) bond motifs is 1. The highest BCUT2D eigenvalue weighted by atomic mass is 15.1. The van der Waals surface area contributed by atoms with E-state index in [0.717, 1.165) is 19.0 Å². The third-order valence-electron chi connectivity index (χ3n) is 4.36. The van der Waals surface area contributed by atoms with Crippen molar-refractivity contribution in [3.05, 3.63) is 35.4 Å². The fraction of sp³-hybridized carbons (Fsp3) is 0.647. The lowest BCUT2D eigenvalue weighted by atomic mass is 9.95. The van der Waals surface area contributed by atoms with Crippen molar-refractivity contribution >= 4 is 0 Å². The molecule has 19 heavy (non-hydrogen) atoms. The number of hydrogen-bond donors (Lipinski definition) is 1. The molecule has 0 spiro atoms. The van der Waals surface area contributed by atoms with Crippen molar-refractivity contribution in [2.75, 3.05) is 19.6 Å². The maximum Gasteiger partial charge on any atom is 0.0238 e. The summed E-state index contributed by atoms with van der Waals surface area (Å²) in [6, 6.07) is 9.45. The van der Waals surface area contributed by atoms with Gasteiger partial charge in [0.2, 0.25) is 0 Å². The van der Waals surface area contributed by atoms with Crippen molar-refractivity contribution in [1.29, 1.82) is 0 Å². The normalized spacial score (nSPS) is 20.3. The molecule has 0 radical (unpaired) electrons. The van der Waals surface area contributed by atoms with Crippen LogP contribution in [0.3, 0.4) is 0 Å². The second-order valence-electron chi connectivity index (χ2n) is 5.92. The van der Waals surface area contributed by atoms with E-state index in [1.54, 1.807) is 0 Å². The lowest BCUT2D eigenvalue weighted by molar-refractivity contribution is 0.215. The first kappa shape index (κ1) is 14.5. The second-order valence-corrected chi connectivity index (χ2v) is 5.92. The number of hydrogen-bond acceptors (Lipinski definition) is 2. The molecule has 2 unspecified atom stereocenters. The molecule has 0 saturated heterocycles. The molecule has 1 aliphatic rings. The number of rotatable bonds is 6. The van der Waals surface area contributed by atoms with Crippen molar-refractivity contribution in [2.24, 2.45) is 5.92 Å². The molecule has 1 aromatic rings. The Morgan fingerprint density at radius 1 is 1.26 bits per heavy atom. The molecule has 2 atom stereocenters. The van der Waals surface area contributed by atoms with Gasteiger partial charge in [-0.05, 0) is 30.0 Å². The van der Waals surface area contributed by atoms with E-state index in [2.05, 4.69) is 55.3 Å². The molecule has 0 bridgehead atoms. The third-order valence-corrected chi connectivity index (χ3v) is 4.36. The lowest BCUT2D eigenvalue weighted by Gasteiger charge is -2.32. The number of nitrogens with one attached hydrogen (secondary N) is 1. The van der Waals surface area contributed by atoms with Crippen molar-refractivity contribution < 1.29 is 0 Å². The van der Waals surface area contributed by atoms with E-state index < -0.39 is 0 Å². The Kier molecular flexibility index (Phi) is 5.41. The largest absolute Gasteiger partial charge is 0.308 e. The SMILES string of the molecule is CCC(C)CN(CC)CC1Cc2ccccc2CN1. The maximum atomic E-state index is 3.69. The Morgan fingerprint density at radius 2 is 2.00 bits per heavy atom. The zero-order valence-corrected chi connectivity index (χ0v) is 12.7. The summed E-state index contributed by atoms with van der Waals surface area (Å²) in [5.74, 6) is 0.802. The van der Waals surface area contributed by atoms with E-state index in [1.807, 2.05) is 0 Å². The molecule has 0 aliphatic carbocycles. The summed E-state index contributed by atoms with van der Waals surface area (Å²) in [4.78, 5) is 2.60. The first-order chi connectivity index (χ1) is 9.22. The molecule has 0 fully saturated rings. The first-order valence-corrected chi connectivity index (χ1v) is 7.75. The summed E-state index contributed by atoms with van der Waals surface area (Å²) in [7, 11) is 0. The fourth-order valence-electron chi connectivity index (χ4n) is 2.86. The Bertz CT molecular complexity index is 389. The van der Waals surface area contributed by atoms with Crippen molar-refractivity contribution in [2.45, 2.75) is 46.2 Å². The van der Waals surface area contributed by atoms with Crippen LogP contribution in [0.15, 0.2) is 24.3 Å². The third kappa shape index (κ3) is 4.05. The fourth-order valence-corrected chi connectivity index (χ4v) is 2.86. The van der Waals surface area contributed by atoms with E-state index in [4.69, 9.17) is 0 Å². The smallest absolute Gasteiger partial charge is 0.0238 e. The summed E-state index contributed by atoms with van der Waals surface area (Å²) < 4.78 is 0. The van der Waals surface area contributed by atoms with Crippen LogP contribution in [0.5, 0.6) is 0 Å². The molecule has 2 heteroatoms. The van der Waals surface area contributed by atoms with Crippen LogP contribution in [0, 0.1) is 5.92 Å². The average molecular weight is 260 g/mol. The van der Waals surface area contributed by atoms with E-state index in [1.165, 1.54) is 37.1 Å². The molecule has 2 rings (SSSR count). The molecular formula is C17H28N2. The summed E-state index contributed by atoms with van der Waals surface area (Å²) in [6.07, 6.45) is 2.45. The van der Waals surface area contributed by atoms with E-state index in [-0.39, 0.29) is 0 Å². The minimum absolute atomic E-state index is 0.610. The van der Waals surface area contributed by atoms with Crippen LogP contribution < -0.4 is 5.32 Å². The molecule has 106 valence electrons. The summed E-state index contributed by atoms with van der Waals surface area (Å²) in [5.41, 5.74) is 3.01. The molecular weight excluding hydrogens is 232 g/mol. The first-order valence-electron chi connectivity index (χ1n) is 7.75. The molecule has 1 aromatic carbocycles. The minimum atomic E-state index is 0.610. The van der Waals surface area contributed by atoms with Crippen molar-refractivity contribution in [3.63, 3.8) is 0 Å². The van der Waals surface area contributed by atoms with E-state index >= 15 is 0 Å². The van der Waals surface area contributed by atoms with Gasteiger partial charge in [0, 0.05) is 25.7 Å². The molecule has 0 aromatic heterocycles. The van der Waals surface area contributed by atoms with Gasteiger partial charge in [0.25, 0.3) is 0 Å². The van der Waals surface area contributed by atoms with Crippen LogP contribution in [-0.4, -0.2) is 30.6 Å². The standard InChI is InChI=1S/C17H28N2/c1-4-14(3)12-19(5-2)13-17-10-15-8-6-7-9-16(15)11-18-17/h6-9,14,17-18H,4-5,10-13H2,1-3H3. The number of benzene rings is 1. The van der Waals surface area contributed by atoms with Crippen LogP contribution in [-0.2, 0) is 13.0 Å². The predicted molar refractivity (Wildman–Crippen MR) is 82.3 cm³/mol. The lowest BCUT2D eigenvalue weighted by Crippen LogP contribution is -2.45. The van der Waals surface area contributed by atoms with Gasteiger partial charge in [-0.3, -0.25) is 0 Å². The molecule has 2 nitrogen and oxygen atoms in total. The Balaban J connectivity index is 1.90. The van der Waals surface area contributed by atoms with Gasteiger partial charge in [-0.2, -0.15) is 0 Å². The van der Waals surface area contributed by atoms with E-state index in [0.29, 0.717) is 6.04 Å². The quantitative estimate of drug-likeness (QED) is 0.845. The maximum absolute atomic E-state index is 3.69. The van der Waals surface area contributed by atoms with Gasteiger partial charge in [-0.1, -0.05) is 51.5 Å². The van der Waals surface area contributed by atoms with Crippen molar-refractivity contribution in [3.8, 4) is 0 Å². The molecule has 1 aliphatic heterocycles.